The third kappa shape index (κ3) is 7.43. The number of aliphatic carboxylic acids is 1. The van der Waals surface area contributed by atoms with E-state index in [1.807, 2.05) is 30.3 Å². The van der Waals surface area contributed by atoms with Crippen LogP contribution in [0.1, 0.15) is 5.56 Å². The monoisotopic (exact) mass is 295 g/mol. The molecule has 1 atom stereocenters. The van der Waals surface area contributed by atoms with Crippen LogP contribution in [0.3, 0.4) is 0 Å². The number of hydrogen-bond donors (Lipinski definition) is 2. The average Bonchev–Trinajstić information content (AvgIpc) is 2.48. The van der Waals surface area contributed by atoms with Crippen molar-refractivity contribution in [2.75, 3.05) is 33.5 Å². The molecule has 1 amide bonds. The van der Waals surface area contributed by atoms with E-state index in [0.717, 1.165) is 5.56 Å². The Bertz CT molecular complexity index is 435. The van der Waals surface area contributed by atoms with Crippen LogP contribution < -0.4 is 5.32 Å². The summed E-state index contributed by atoms with van der Waals surface area (Å²) in [6.45, 7) is 0.729. The summed E-state index contributed by atoms with van der Waals surface area (Å²) < 4.78 is 9.85. The second kappa shape index (κ2) is 9.90. The highest BCUT2D eigenvalue weighted by Gasteiger charge is 2.18. The maximum atomic E-state index is 11.5. The maximum absolute atomic E-state index is 11.5. The van der Waals surface area contributed by atoms with Crippen LogP contribution in [0.15, 0.2) is 30.3 Å². The summed E-state index contributed by atoms with van der Waals surface area (Å²) in [5.74, 6) is -1.92. The van der Waals surface area contributed by atoms with Crippen LogP contribution in [0.4, 0.5) is 0 Å². The zero-order chi connectivity index (χ0) is 15.5. The van der Waals surface area contributed by atoms with Gasteiger partial charge in [0.25, 0.3) is 0 Å². The van der Waals surface area contributed by atoms with E-state index in [4.69, 9.17) is 9.47 Å². The highest BCUT2D eigenvalue weighted by molar-refractivity contribution is 5.78. The zero-order valence-electron chi connectivity index (χ0n) is 12.1. The number of benzene rings is 1. The highest BCUT2D eigenvalue weighted by atomic mass is 16.5. The Morgan fingerprint density at radius 3 is 2.57 bits per heavy atom. The molecule has 1 aromatic carbocycles. The van der Waals surface area contributed by atoms with Gasteiger partial charge in [-0.05, 0) is 12.0 Å². The van der Waals surface area contributed by atoms with Gasteiger partial charge in [0.15, 0.2) is 0 Å². The van der Waals surface area contributed by atoms with Crippen LogP contribution in [-0.2, 0) is 25.5 Å². The summed E-state index contributed by atoms with van der Waals surface area (Å²) in [5.41, 5.74) is 0.926. The molecule has 0 aliphatic carbocycles. The summed E-state index contributed by atoms with van der Waals surface area (Å²) in [6, 6.07) is 9.32. The minimum absolute atomic E-state index is 0.0801. The molecule has 0 spiro atoms. The molecule has 0 heterocycles. The van der Waals surface area contributed by atoms with Gasteiger partial charge in [-0.15, -0.1) is 0 Å². The topological polar surface area (TPSA) is 84.9 Å². The van der Waals surface area contributed by atoms with Crippen molar-refractivity contribution in [2.45, 2.75) is 6.42 Å². The molecule has 0 aliphatic rings. The number of ether oxygens (including phenoxy) is 2. The molecule has 0 saturated carbocycles. The van der Waals surface area contributed by atoms with Crippen molar-refractivity contribution < 1.29 is 24.2 Å². The number of carboxylic acid groups (broad SMARTS) is 1. The van der Waals surface area contributed by atoms with Gasteiger partial charge in [-0.25, -0.2) is 0 Å². The minimum atomic E-state index is -0.931. The van der Waals surface area contributed by atoms with E-state index in [9.17, 15) is 14.7 Å². The van der Waals surface area contributed by atoms with Gasteiger partial charge in [-0.1, -0.05) is 30.3 Å². The van der Waals surface area contributed by atoms with Crippen molar-refractivity contribution in [3.05, 3.63) is 35.9 Å². The molecule has 0 radical (unpaired) electrons. The first kappa shape index (κ1) is 17.1. The average molecular weight is 295 g/mol. The van der Waals surface area contributed by atoms with E-state index in [0.29, 0.717) is 19.6 Å². The lowest BCUT2D eigenvalue weighted by atomic mass is 9.99. The first-order valence-corrected chi connectivity index (χ1v) is 6.73. The van der Waals surface area contributed by atoms with E-state index in [-0.39, 0.29) is 19.1 Å². The van der Waals surface area contributed by atoms with E-state index in [2.05, 4.69) is 5.32 Å². The molecule has 1 aromatic rings. The van der Waals surface area contributed by atoms with E-state index in [1.165, 1.54) is 0 Å². The molecular weight excluding hydrogens is 274 g/mol. The molecule has 1 rings (SSSR count). The van der Waals surface area contributed by atoms with Crippen molar-refractivity contribution in [2.24, 2.45) is 5.92 Å². The molecule has 1 unspecified atom stereocenters. The maximum Gasteiger partial charge on any atom is 0.308 e. The minimum Gasteiger partial charge on any atom is -0.481 e. The van der Waals surface area contributed by atoms with Crippen LogP contribution in [-0.4, -0.2) is 50.5 Å². The van der Waals surface area contributed by atoms with Crippen molar-refractivity contribution in [3.8, 4) is 0 Å². The fourth-order valence-electron chi connectivity index (χ4n) is 1.74. The Morgan fingerprint density at radius 1 is 1.24 bits per heavy atom. The number of amides is 1. The van der Waals surface area contributed by atoms with Crippen LogP contribution >= 0.6 is 0 Å². The molecule has 21 heavy (non-hydrogen) atoms. The van der Waals surface area contributed by atoms with Crippen molar-refractivity contribution in [1.82, 2.24) is 5.32 Å². The van der Waals surface area contributed by atoms with E-state index >= 15 is 0 Å². The van der Waals surface area contributed by atoms with E-state index < -0.39 is 11.9 Å². The Morgan fingerprint density at radius 2 is 1.95 bits per heavy atom. The van der Waals surface area contributed by atoms with E-state index in [1.54, 1.807) is 7.11 Å². The third-order valence-electron chi connectivity index (χ3n) is 2.88. The van der Waals surface area contributed by atoms with Crippen LogP contribution in [0, 0.1) is 5.92 Å². The van der Waals surface area contributed by atoms with Gasteiger partial charge in [0.05, 0.1) is 19.1 Å². The second-order valence-corrected chi connectivity index (χ2v) is 4.57. The van der Waals surface area contributed by atoms with Gasteiger partial charge in [0, 0.05) is 13.7 Å². The Hall–Kier alpha value is -1.92. The Kier molecular flexibility index (Phi) is 8.08. The van der Waals surface area contributed by atoms with Crippen LogP contribution in [0.25, 0.3) is 0 Å². The lowest BCUT2D eigenvalue weighted by Crippen LogP contribution is -2.36. The number of carbonyl (C=O) groups is 2. The predicted octanol–water partition coefficient (Wildman–Crippen LogP) is 0.709. The van der Waals surface area contributed by atoms with Crippen molar-refractivity contribution in [1.29, 1.82) is 0 Å². The van der Waals surface area contributed by atoms with Gasteiger partial charge in [-0.3, -0.25) is 9.59 Å². The standard InChI is InChI=1S/C15H21NO5/c1-20-7-8-21-11-14(17)16-10-13(15(18)19)9-12-5-3-2-4-6-12/h2-6,13H,7-11H2,1H3,(H,16,17)(H,18,19). The van der Waals surface area contributed by atoms with Gasteiger partial charge in [0.1, 0.15) is 6.61 Å². The zero-order valence-corrected chi connectivity index (χ0v) is 12.1. The molecule has 2 N–H and O–H groups in total. The van der Waals surface area contributed by atoms with Crippen molar-refractivity contribution in [3.63, 3.8) is 0 Å². The Balaban J connectivity index is 2.34. The molecule has 6 heteroatoms. The molecule has 0 saturated heterocycles. The largest absolute Gasteiger partial charge is 0.481 e. The summed E-state index contributed by atoms with van der Waals surface area (Å²) in [4.78, 5) is 22.7. The van der Waals surface area contributed by atoms with Crippen molar-refractivity contribution >= 4 is 11.9 Å². The number of carbonyl (C=O) groups excluding carboxylic acids is 1. The first-order chi connectivity index (χ1) is 10.1. The Labute approximate surface area is 124 Å². The van der Waals surface area contributed by atoms with Gasteiger partial charge in [0.2, 0.25) is 5.91 Å². The number of hydrogen-bond acceptors (Lipinski definition) is 4. The third-order valence-corrected chi connectivity index (χ3v) is 2.88. The molecule has 0 fully saturated rings. The fourth-order valence-corrected chi connectivity index (χ4v) is 1.74. The molecule has 0 aliphatic heterocycles. The van der Waals surface area contributed by atoms with Gasteiger partial charge >= 0.3 is 5.97 Å². The first-order valence-electron chi connectivity index (χ1n) is 6.73. The quantitative estimate of drug-likeness (QED) is 0.621. The fraction of sp³-hybridized carbons (Fsp3) is 0.467. The SMILES string of the molecule is COCCOCC(=O)NCC(Cc1ccccc1)C(=O)O. The number of rotatable bonds is 10. The lowest BCUT2D eigenvalue weighted by molar-refractivity contribution is -0.141. The molecule has 116 valence electrons. The molecule has 6 nitrogen and oxygen atoms in total. The summed E-state index contributed by atoms with van der Waals surface area (Å²) in [5, 5.41) is 11.8. The molecular formula is C15H21NO5. The van der Waals surface area contributed by atoms with Crippen LogP contribution in [0.2, 0.25) is 0 Å². The smallest absolute Gasteiger partial charge is 0.308 e. The lowest BCUT2D eigenvalue weighted by Gasteiger charge is -2.13. The summed E-state index contributed by atoms with van der Waals surface area (Å²) in [6.07, 6.45) is 0.376. The second-order valence-electron chi connectivity index (χ2n) is 4.57. The number of methoxy groups -OCH3 is 1. The number of nitrogens with one attached hydrogen (secondary N) is 1. The highest BCUT2D eigenvalue weighted by Crippen LogP contribution is 2.08. The molecule has 0 bridgehead atoms. The predicted molar refractivity (Wildman–Crippen MR) is 77.0 cm³/mol. The molecule has 0 aromatic heterocycles. The van der Waals surface area contributed by atoms with Gasteiger partial charge < -0.3 is 19.9 Å². The number of carboxylic acids is 1. The summed E-state index contributed by atoms with van der Waals surface area (Å²) in [7, 11) is 1.55. The summed E-state index contributed by atoms with van der Waals surface area (Å²) >= 11 is 0. The normalized spacial score (nSPS) is 11.9. The van der Waals surface area contributed by atoms with Crippen LogP contribution in [0.5, 0.6) is 0 Å². The van der Waals surface area contributed by atoms with Gasteiger partial charge in [-0.2, -0.15) is 0 Å².